The van der Waals surface area contributed by atoms with Crippen LogP contribution in [0.25, 0.3) is 0 Å². The molecule has 1 aromatic carbocycles. The molecular weight excluding hydrogens is 286 g/mol. The molecule has 0 radical (unpaired) electrons. The molecule has 0 saturated heterocycles. The summed E-state index contributed by atoms with van der Waals surface area (Å²) in [6.07, 6.45) is 3.30. The van der Waals surface area contributed by atoms with Crippen molar-refractivity contribution in [3.05, 3.63) is 23.2 Å². The summed E-state index contributed by atoms with van der Waals surface area (Å²) in [5, 5.41) is 3.09. The van der Waals surface area contributed by atoms with E-state index in [0.717, 1.165) is 19.3 Å². The number of anilines is 1. The second-order valence-corrected chi connectivity index (χ2v) is 7.82. The Bertz CT molecular complexity index is 648. The normalized spacial score (nSPS) is 23.7. The Morgan fingerprint density at radius 3 is 2.53 bits per heavy atom. The standard InChI is InChI=1S/C13H14ClNO3S/c14-9-4-5-10-11(8-9)19(17,18)13(12(16)15-10)6-2-1-3-7-13/h4-5,8H,1-3,6-7H2,(H,15,16). The molecule has 3 rings (SSSR count). The average molecular weight is 300 g/mol. The van der Waals surface area contributed by atoms with Crippen molar-refractivity contribution in [2.75, 3.05) is 5.32 Å². The van der Waals surface area contributed by atoms with Crippen molar-refractivity contribution in [3.63, 3.8) is 0 Å². The molecular formula is C13H14ClNO3S. The van der Waals surface area contributed by atoms with Gasteiger partial charge in [-0.15, -0.1) is 0 Å². The number of carbonyl (C=O) groups is 1. The van der Waals surface area contributed by atoms with E-state index in [1.54, 1.807) is 12.1 Å². The first kappa shape index (κ1) is 12.9. The van der Waals surface area contributed by atoms with Gasteiger partial charge >= 0.3 is 0 Å². The van der Waals surface area contributed by atoms with Crippen LogP contribution in [0.4, 0.5) is 5.69 Å². The maximum absolute atomic E-state index is 12.8. The van der Waals surface area contributed by atoms with Crippen molar-refractivity contribution in [1.29, 1.82) is 0 Å². The summed E-state index contributed by atoms with van der Waals surface area (Å²) < 4.78 is 24.4. The number of halogens is 1. The lowest BCUT2D eigenvalue weighted by Crippen LogP contribution is -2.53. The smallest absolute Gasteiger partial charge is 0.246 e. The van der Waals surface area contributed by atoms with Crippen LogP contribution in [0.5, 0.6) is 0 Å². The quantitative estimate of drug-likeness (QED) is 0.801. The Hall–Kier alpha value is -1.07. The summed E-state index contributed by atoms with van der Waals surface area (Å²) in [5.41, 5.74) is 0.339. The summed E-state index contributed by atoms with van der Waals surface area (Å²) in [5.74, 6) is -0.387. The van der Waals surface area contributed by atoms with Crippen LogP contribution in [0.3, 0.4) is 0 Å². The molecule has 0 aromatic heterocycles. The molecule has 0 unspecified atom stereocenters. The molecule has 0 bridgehead atoms. The summed E-state index contributed by atoms with van der Waals surface area (Å²) in [7, 11) is -3.67. The SMILES string of the molecule is O=C1Nc2ccc(Cl)cc2S(=O)(=O)C12CCCCC2. The van der Waals surface area contributed by atoms with Gasteiger partial charge in [0.15, 0.2) is 14.6 Å². The highest BCUT2D eigenvalue weighted by molar-refractivity contribution is 7.94. The predicted molar refractivity (Wildman–Crippen MR) is 73.1 cm³/mol. The Kier molecular flexibility index (Phi) is 2.87. The number of hydrogen-bond acceptors (Lipinski definition) is 3. The topological polar surface area (TPSA) is 63.2 Å². The highest BCUT2D eigenvalue weighted by atomic mass is 35.5. The Morgan fingerprint density at radius 1 is 1.16 bits per heavy atom. The van der Waals surface area contributed by atoms with Crippen LogP contribution in [0.15, 0.2) is 23.1 Å². The van der Waals surface area contributed by atoms with E-state index < -0.39 is 14.6 Å². The summed E-state index contributed by atoms with van der Waals surface area (Å²) >= 11 is 5.89. The van der Waals surface area contributed by atoms with Crippen LogP contribution in [0.2, 0.25) is 5.02 Å². The molecule has 1 amide bonds. The van der Waals surface area contributed by atoms with Gasteiger partial charge in [0.05, 0.1) is 10.6 Å². The Labute approximate surface area is 117 Å². The molecule has 0 atom stereocenters. The lowest BCUT2D eigenvalue weighted by molar-refractivity contribution is -0.119. The maximum atomic E-state index is 12.8. The third kappa shape index (κ3) is 1.71. The first-order chi connectivity index (χ1) is 8.97. The average Bonchev–Trinajstić information content (AvgIpc) is 2.40. The zero-order valence-electron chi connectivity index (χ0n) is 10.3. The molecule has 1 N–H and O–H groups in total. The fraction of sp³-hybridized carbons (Fsp3) is 0.462. The first-order valence-electron chi connectivity index (χ1n) is 6.33. The fourth-order valence-corrected chi connectivity index (χ4v) is 5.48. The number of sulfone groups is 1. The van der Waals surface area contributed by atoms with Crippen molar-refractivity contribution in [1.82, 2.24) is 0 Å². The van der Waals surface area contributed by atoms with E-state index in [1.807, 2.05) is 0 Å². The number of amides is 1. The third-order valence-electron chi connectivity index (χ3n) is 4.07. The number of fused-ring (bicyclic) bond motifs is 1. The van der Waals surface area contributed by atoms with Gasteiger partial charge in [-0.05, 0) is 31.0 Å². The van der Waals surface area contributed by atoms with Crippen LogP contribution in [0.1, 0.15) is 32.1 Å². The highest BCUT2D eigenvalue weighted by Crippen LogP contribution is 2.45. The molecule has 2 aliphatic rings. The molecule has 102 valence electrons. The number of nitrogens with one attached hydrogen (secondary N) is 1. The zero-order chi connectivity index (χ0) is 13.7. The molecule has 1 heterocycles. The van der Waals surface area contributed by atoms with Gasteiger partial charge in [0.1, 0.15) is 0 Å². The maximum Gasteiger partial charge on any atom is 0.246 e. The molecule has 1 spiro atoms. The number of hydrogen-bond donors (Lipinski definition) is 1. The van der Waals surface area contributed by atoms with E-state index in [0.29, 0.717) is 23.6 Å². The Morgan fingerprint density at radius 2 is 1.84 bits per heavy atom. The minimum absolute atomic E-state index is 0.154. The van der Waals surface area contributed by atoms with E-state index in [2.05, 4.69) is 5.32 Å². The number of rotatable bonds is 0. The van der Waals surface area contributed by atoms with Crippen molar-refractivity contribution >= 4 is 33.0 Å². The monoisotopic (exact) mass is 299 g/mol. The van der Waals surface area contributed by atoms with Gasteiger partial charge in [0.25, 0.3) is 0 Å². The van der Waals surface area contributed by atoms with E-state index in [4.69, 9.17) is 11.6 Å². The van der Waals surface area contributed by atoms with Gasteiger partial charge in [-0.3, -0.25) is 4.79 Å². The first-order valence-corrected chi connectivity index (χ1v) is 8.19. The van der Waals surface area contributed by atoms with Gasteiger partial charge in [-0.1, -0.05) is 30.9 Å². The molecule has 1 aromatic rings. The molecule has 1 saturated carbocycles. The predicted octanol–water partition coefficient (Wildman–Crippen LogP) is 2.77. The van der Waals surface area contributed by atoms with E-state index in [9.17, 15) is 13.2 Å². The summed E-state index contributed by atoms with van der Waals surface area (Å²) in [6, 6.07) is 4.56. The lowest BCUT2D eigenvalue weighted by atomic mass is 9.87. The zero-order valence-corrected chi connectivity index (χ0v) is 11.9. The van der Waals surface area contributed by atoms with Crippen LogP contribution in [0, 0.1) is 0 Å². The van der Waals surface area contributed by atoms with Crippen LogP contribution >= 0.6 is 11.6 Å². The number of benzene rings is 1. The highest BCUT2D eigenvalue weighted by Gasteiger charge is 2.54. The lowest BCUT2D eigenvalue weighted by Gasteiger charge is -2.38. The Balaban J connectivity index is 2.23. The van der Waals surface area contributed by atoms with Gasteiger partial charge in [-0.25, -0.2) is 8.42 Å². The van der Waals surface area contributed by atoms with E-state index in [1.165, 1.54) is 6.07 Å². The third-order valence-corrected chi connectivity index (χ3v) is 6.85. The molecule has 19 heavy (non-hydrogen) atoms. The fourth-order valence-electron chi connectivity index (χ4n) is 3.01. The van der Waals surface area contributed by atoms with Crippen molar-refractivity contribution in [2.45, 2.75) is 41.7 Å². The van der Waals surface area contributed by atoms with E-state index >= 15 is 0 Å². The molecule has 6 heteroatoms. The second-order valence-electron chi connectivity index (χ2n) is 5.15. The van der Waals surface area contributed by atoms with Crippen LogP contribution < -0.4 is 5.32 Å². The van der Waals surface area contributed by atoms with Crippen LogP contribution in [-0.4, -0.2) is 19.1 Å². The van der Waals surface area contributed by atoms with Gasteiger partial charge in [0.2, 0.25) is 5.91 Å². The second kappa shape index (κ2) is 4.21. The molecule has 4 nitrogen and oxygen atoms in total. The minimum atomic E-state index is -3.67. The van der Waals surface area contributed by atoms with Gasteiger partial charge in [-0.2, -0.15) is 0 Å². The van der Waals surface area contributed by atoms with Gasteiger partial charge < -0.3 is 5.32 Å². The number of carbonyl (C=O) groups excluding carboxylic acids is 1. The van der Waals surface area contributed by atoms with E-state index in [-0.39, 0.29) is 10.8 Å². The van der Waals surface area contributed by atoms with Crippen LogP contribution in [-0.2, 0) is 14.6 Å². The molecule has 1 aliphatic heterocycles. The summed E-state index contributed by atoms with van der Waals surface area (Å²) in [4.78, 5) is 12.5. The van der Waals surface area contributed by atoms with Crippen molar-refractivity contribution in [2.24, 2.45) is 0 Å². The largest absolute Gasteiger partial charge is 0.324 e. The van der Waals surface area contributed by atoms with Gasteiger partial charge in [0, 0.05) is 5.02 Å². The summed E-state index contributed by atoms with van der Waals surface area (Å²) in [6.45, 7) is 0. The molecule has 1 aliphatic carbocycles. The van der Waals surface area contributed by atoms with Crippen molar-refractivity contribution in [3.8, 4) is 0 Å². The van der Waals surface area contributed by atoms with Crippen molar-refractivity contribution < 1.29 is 13.2 Å². The minimum Gasteiger partial charge on any atom is -0.324 e. The molecule has 1 fully saturated rings.